The van der Waals surface area contributed by atoms with Crippen molar-refractivity contribution in [3.05, 3.63) is 92.2 Å². The minimum atomic E-state index is -4.51. The van der Waals surface area contributed by atoms with Gasteiger partial charge in [0.1, 0.15) is 5.82 Å². The molecule has 0 aliphatic carbocycles. The number of aromatic nitrogens is 2. The SMILES string of the molecule is Cc1ccsc1/C=C/c1nc2ccccc2c(=O)n1-c1cccc(C(F)(F)F)c1. The number of hydrogen-bond donors (Lipinski definition) is 0. The molecular formula is C22H15F3N2OS. The van der Waals surface area contributed by atoms with Crippen LogP contribution in [0.5, 0.6) is 0 Å². The topological polar surface area (TPSA) is 34.9 Å². The molecule has 29 heavy (non-hydrogen) atoms. The fourth-order valence-corrected chi connectivity index (χ4v) is 3.86. The molecule has 0 fully saturated rings. The molecule has 2 heterocycles. The first-order valence-electron chi connectivity index (χ1n) is 8.76. The van der Waals surface area contributed by atoms with Gasteiger partial charge in [-0.3, -0.25) is 9.36 Å². The van der Waals surface area contributed by atoms with Crippen LogP contribution in [0, 0.1) is 6.92 Å². The molecule has 4 aromatic rings. The van der Waals surface area contributed by atoms with Gasteiger partial charge in [0.25, 0.3) is 5.56 Å². The van der Waals surface area contributed by atoms with Gasteiger partial charge in [-0.05, 0) is 66.4 Å². The third-order valence-corrected chi connectivity index (χ3v) is 5.50. The third-order valence-electron chi connectivity index (χ3n) is 4.52. The minimum Gasteiger partial charge on any atom is -0.268 e. The number of nitrogens with zero attached hydrogens (tertiary/aromatic N) is 2. The summed E-state index contributed by atoms with van der Waals surface area (Å²) in [5, 5.41) is 2.29. The molecule has 0 amide bonds. The molecule has 0 aliphatic heterocycles. The predicted molar refractivity (Wildman–Crippen MR) is 110 cm³/mol. The average molecular weight is 412 g/mol. The van der Waals surface area contributed by atoms with E-state index in [1.807, 2.05) is 24.4 Å². The van der Waals surface area contributed by atoms with Crippen LogP contribution in [0.25, 0.3) is 28.7 Å². The quantitative estimate of drug-likeness (QED) is 0.417. The van der Waals surface area contributed by atoms with Crippen LogP contribution < -0.4 is 5.56 Å². The molecule has 0 radical (unpaired) electrons. The molecule has 0 bridgehead atoms. The van der Waals surface area contributed by atoms with Crippen molar-refractivity contribution >= 4 is 34.4 Å². The molecule has 2 aromatic heterocycles. The molecule has 146 valence electrons. The van der Waals surface area contributed by atoms with Crippen molar-refractivity contribution in [2.24, 2.45) is 0 Å². The maximum atomic E-state index is 13.2. The second-order valence-electron chi connectivity index (χ2n) is 6.48. The van der Waals surface area contributed by atoms with Crippen LogP contribution in [0.2, 0.25) is 0 Å². The highest BCUT2D eigenvalue weighted by molar-refractivity contribution is 7.11. The van der Waals surface area contributed by atoms with E-state index in [4.69, 9.17) is 0 Å². The van der Waals surface area contributed by atoms with E-state index in [1.54, 1.807) is 30.3 Å². The molecule has 0 N–H and O–H groups in total. The first-order chi connectivity index (χ1) is 13.8. The Morgan fingerprint density at radius 1 is 1.03 bits per heavy atom. The van der Waals surface area contributed by atoms with Crippen molar-refractivity contribution in [2.75, 3.05) is 0 Å². The standard InChI is InChI=1S/C22H15F3N2OS/c1-14-11-12-29-19(14)9-10-20-26-18-8-3-2-7-17(18)21(28)27(20)16-6-4-5-15(13-16)22(23,24)25/h2-13H,1H3/b10-9+. The number of benzene rings is 2. The highest BCUT2D eigenvalue weighted by Gasteiger charge is 2.30. The fraction of sp³-hybridized carbons (Fsp3) is 0.0909. The van der Waals surface area contributed by atoms with Gasteiger partial charge in [0.15, 0.2) is 0 Å². The summed E-state index contributed by atoms with van der Waals surface area (Å²) in [5.41, 5.74) is 0.436. The van der Waals surface area contributed by atoms with E-state index in [9.17, 15) is 18.0 Å². The Bertz CT molecular complexity index is 1290. The summed E-state index contributed by atoms with van der Waals surface area (Å²) in [6.45, 7) is 1.96. The molecule has 0 unspecified atom stereocenters. The number of aryl methyl sites for hydroxylation is 1. The van der Waals surface area contributed by atoms with Crippen LogP contribution >= 0.6 is 11.3 Å². The third kappa shape index (κ3) is 3.73. The van der Waals surface area contributed by atoms with Crippen LogP contribution in [-0.4, -0.2) is 9.55 Å². The van der Waals surface area contributed by atoms with E-state index in [1.165, 1.54) is 28.0 Å². The zero-order valence-corrected chi connectivity index (χ0v) is 16.1. The lowest BCUT2D eigenvalue weighted by Crippen LogP contribution is -2.22. The molecule has 3 nitrogen and oxygen atoms in total. The molecule has 0 saturated carbocycles. The van der Waals surface area contributed by atoms with Crippen molar-refractivity contribution in [2.45, 2.75) is 13.1 Å². The van der Waals surface area contributed by atoms with Crippen LogP contribution in [0.4, 0.5) is 13.2 Å². The van der Waals surface area contributed by atoms with E-state index in [0.29, 0.717) is 10.9 Å². The van der Waals surface area contributed by atoms with E-state index < -0.39 is 17.3 Å². The van der Waals surface area contributed by atoms with Gasteiger partial charge in [-0.2, -0.15) is 13.2 Å². The van der Waals surface area contributed by atoms with Gasteiger partial charge < -0.3 is 0 Å². The molecule has 0 saturated heterocycles. The van der Waals surface area contributed by atoms with Gasteiger partial charge in [0.05, 0.1) is 22.2 Å². The van der Waals surface area contributed by atoms with Gasteiger partial charge in [-0.25, -0.2) is 4.98 Å². The minimum absolute atomic E-state index is 0.116. The van der Waals surface area contributed by atoms with E-state index in [2.05, 4.69) is 4.98 Å². The smallest absolute Gasteiger partial charge is 0.268 e. The van der Waals surface area contributed by atoms with Gasteiger partial charge in [0.2, 0.25) is 0 Å². The van der Waals surface area contributed by atoms with Crippen molar-refractivity contribution in [1.29, 1.82) is 0 Å². The number of hydrogen-bond acceptors (Lipinski definition) is 3. The summed E-state index contributed by atoms with van der Waals surface area (Å²) < 4.78 is 40.8. The lowest BCUT2D eigenvalue weighted by molar-refractivity contribution is -0.137. The molecule has 0 spiro atoms. The number of fused-ring (bicyclic) bond motifs is 1. The first-order valence-corrected chi connectivity index (χ1v) is 9.64. The number of halogens is 3. The van der Waals surface area contributed by atoms with Crippen LogP contribution in [0.3, 0.4) is 0 Å². The van der Waals surface area contributed by atoms with Gasteiger partial charge in [-0.15, -0.1) is 11.3 Å². The average Bonchev–Trinajstić information content (AvgIpc) is 3.11. The summed E-state index contributed by atoms with van der Waals surface area (Å²) in [6.07, 6.45) is -1.03. The Balaban J connectivity index is 1.97. The summed E-state index contributed by atoms with van der Waals surface area (Å²) >= 11 is 1.53. The number of rotatable bonds is 3. The van der Waals surface area contributed by atoms with Gasteiger partial charge in [-0.1, -0.05) is 18.2 Å². The van der Waals surface area contributed by atoms with Gasteiger partial charge >= 0.3 is 6.18 Å². The van der Waals surface area contributed by atoms with Crippen LogP contribution in [0.1, 0.15) is 21.8 Å². The maximum Gasteiger partial charge on any atom is 0.416 e. The highest BCUT2D eigenvalue weighted by atomic mass is 32.1. The summed E-state index contributed by atoms with van der Waals surface area (Å²) in [7, 11) is 0. The van der Waals surface area contributed by atoms with Crippen molar-refractivity contribution in [3.8, 4) is 5.69 Å². The fourth-order valence-electron chi connectivity index (χ4n) is 3.04. The second kappa shape index (κ2) is 7.33. The Morgan fingerprint density at radius 3 is 2.55 bits per heavy atom. The maximum absolute atomic E-state index is 13.2. The molecule has 7 heteroatoms. The normalized spacial score (nSPS) is 12.1. The number of alkyl halides is 3. The molecule has 0 atom stereocenters. The predicted octanol–water partition coefficient (Wildman–Crippen LogP) is 5.94. The molecular weight excluding hydrogens is 397 g/mol. The van der Waals surface area contributed by atoms with Crippen LogP contribution in [0.15, 0.2) is 64.8 Å². The van der Waals surface area contributed by atoms with Crippen molar-refractivity contribution in [3.63, 3.8) is 0 Å². The van der Waals surface area contributed by atoms with E-state index >= 15 is 0 Å². The van der Waals surface area contributed by atoms with Crippen LogP contribution in [-0.2, 0) is 6.18 Å². The van der Waals surface area contributed by atoms with Crippen molar-refractivity contribution in [1.82, 2.24) is 9.55 Å². The Labute approximate surface area is 168 Å². The van der Waals surface area contributed by atoms with E-state index in [0.717, 1.165) is 22.6 Å². The Hall–Kier alpha value is -3.19. The number of para-hydroxylation sites is 1. The largest absolute Gasteiger partial charge is 0.416 e. The molecule has 2 aromatic carbocycles. The summed E-state index contributed by atoms with van der Waals surface area (Å²) in [6, 6.07) is 13.5. The monoisotopic (exact) mass is 412 g/mol. The molecule has 4 rings (SSSR count). The lowest BCUT2D eigenvalue weighted by atomic mass is 10.1. The zero-order chi connectivity index (χ0) is 20.6. The van der Waals surface area contributed by atoms with Crippen molar-refractivity contribution < 1.29 is 13.2 Å². The van der Waals surface area contributed by atoms with E-state index in [-0.39, 0.29) is 11.5 Å². The Morgan fingerprint density at radius 2 is 1.83 bits per heavy atom. The lowest BCUT2D eigenvalue weighted by Gasteiger charge is -2.13. The van der Waals surface area contributed by atoms with Gasteiger partial charge in [0, 0.05) is 4.88 Å². The summed E-state index contributed by atoms with van der Waals surface area (Å²) in [4.78, 5) is 18.7. The Kier molecular flexibility index (Phi) is 4.84. The first kappa shape index (κ1) is 19.1. The zero-order valence-electron chi connectivity index (χ0n) is 15.3. The highest BCUT2D eigenvalue weighted by Crippen LogP contribution is 2.30. The number of thiophene rings is 1. The second-order valence-corrected chi connectivity index (χ2v) is 7.42. The molecule has 0 aliphatic rings. The summed E-state index contributed by atoms with van der Waals surface area (Å²) in [5.74, 6) is 0.265.